The molecule has 1 aromatic heterocycles. The third kappa shape index (κ3) is 2.46. The number of imidazole rings is 1. The number of rotatable bonds is 3. The van der Waals surface area contributed by atoms with Gasteiger partial charge in [0.2, 0.25) is 12.7 Å². The zero-order valence-corrected chi connectivity index (χ0v) is 15.3. The van der Waals surface area contributed by atoms with Gasteiger partial charge in [-0.05, 0) is 42.2 Å². The molecule has 2 aliphatic heterocycles. The van der Waals surface area contributed by atoms with Crippen molar-refractivity contribution in [3.8, 4) is 17.6 Å². The highest BCUT2D eigenvalue weighted by Crippen LogP contribution is 2.35. The van der Waals surface area contributed by atoms with Crippen LogP contribution in [-0.2, 0) is 6.42 Å². The summed E-state index contributed by atoms with van der Waals surface area (Å²) in [5.41, 5.74) is 9.79. The normalized spacial score (nSPS) is 18.5. The Balaban J connectivity index is 1.48. The van der Waals surface area contributed by atoms with Gasteiger partial charge < -0.3 is 20.5 Å². The lowest BCUT2D eigenvalue weighted by Gasteiger charge is -2.30. The van der Waals surface area contributed by atoms with Gasteiger partial charge in [0.1, 0.15) is 11.9 Å². The zero-order valence-electron chi connectivity index (χ0n) is 15.3. The molecule has 3 N–H and O–H groups in total. The highest BCUT2D eigenvalue weighted by Gasteiger charge is 2.32. The van der Waals surface area contributed by atoms with Crippen LogP contribution in [0.2, 0.25) is 0 Å². The van der Waals surface area contributed by atoms with Gasteiger partial charge in [-0.2, -0.15) is 5.26 Å². The van der Waals surface area contributed by atoms with Gasteiger partial charge in [-0.15, -0.1) is 0 Å². The summed E-state index contributed by atoms with van der Waals surface area (Å²) in [5, 5.41) is 13.2. The third-order valence-corrected chi connectivity index (χ3v) is 5.36. The second kappa shape index (κ2) is 6.20. The Morgan fingerprint density at radius 2 is 2.11 bits per heavy atom. The first-order valence-electron chi connectivity index (χ1n) is 9.18. The van der Waals surface area contributed by atoms with E-state index in [1.807, 2.05) is 47.0 Å². The maximum atomic E-state index is 9.81. The number of nitrogens with zero attached hydrogens (tertiary/aromatic N) is 3. The van der Waals surface area contributed by atoms with E-state index in [1.165, 1.54) is 0 Å². The van der Waals surface area contributed by atoms with Gasteiger partial charge in [-0.1, -0.05) is 25.1 Å². The van der Waals surface area contributed by atoms with Crippen LogP contribution in [0.5, 0.6) is 11.5 Å². The van der Waals surface area contributed by atoms with Crippen LogP contribution in [0.1, 0.15) is 12.5 Å². The Bertz CT molecular complexity index is 1160. The summed E-state index contributed by atoms with van der Waals surface area (Å²) in [5.74, 6) is 2.75. The maximum Gasteiger partial charge on any atom is 0.231 e. The fourth-order valence-corrected chi connectivity index (χ4v) is 3.97. The van der Waals surface area contributed by atoms with Gasteiger partial charge >= 0.3 is 0 Å². The number of ether oxygens (including phenoxy) is 2. The van der Waals surface area contributed by atoms with Gasteiger partial charge in [0.05, 0.1) is 22.6 Å². The predicted octanol–water partition coefficient (Wildman–Crippen LogP) is 3.09. The second-order valence-corrected chi connectivity index (χ2v) is 7.16. The van der Waals surface area contributed by atoms with Crippen LogP contribution in [0.3, 0.4) is 0 Å². The summed E-state index contributed by atoms with van der Waals surface area (Å²) < 4.78 is 12.7. The van der Waals surface area contributed by atoms with E-state index in [4.69, 9.17) is 15.2 Å². The van der Waals surface area contributed by atoms with E-state index in [0.29, 0.717) is 17.3 Å². The van der Waals surface area contributed by atoms with Gasteiger partial charge in [0, 0.05) is 0 Å². The summed E-state index contributed by atoms with van der Waals surface area (Å²) in [6, 6.07) is 15.8. The van der Waals surface area contributed by atoms with Crippen LogP contribution in [0, 0.1) is 17.2 Å². The molecule has 0 spiro atoms. The van der Waals surface area contributed by atoms with Crippen molar-refractivity contribution in [1.82, 2.24) is 9.55 Å². The van der Waals surface area contributed by atoms with Crippen molar-refractivity contribution in [2.45, 2.75) is 19.4 Å². The monoisotopic (exact) mass is 373 g/mol. The number of anilines is 1. The molecule has 2 aliphatic rings. The molecular weight excluding hydrogens is 354 g/mol. The zero-order chi connectivity index (χ0) is 19.3. The molecule has 5 rings (SSSR count). The molecule has 0 radical (unpaired) electrons. The Kier molecular flexibility index (Phi) is 3.66. The van der Waals surface area contributed by atoms with Gasteiger partial charge in [0.25, 0.3) is 0 Å². The first kappa shape index (κ1) is 16.5. The van der Waals surface area contributed by atoms with Gasteiger partial charge in [-0.3, -0.25) is 4.57 Å². The molecule has 0 unspecified atom stereocenters. The topological polar surface area (TPSA) is 98.1 Å². The molecule has 28 heavy (non-hydrogen) atoms. The molecule has 140 valence electrons. The molecule has 2 aromatic carbocycles. The summed E-state index contributed by atoms with van der Waals surface area (Å²) in [6.45, 7) is 2.36. The fourth-order valence-electron chi connectivity index (χ4n) is 3.97. The number of aromatic nitrogens is 2. The lowest BCUT2D eigenvalue weighted by Crippen LogP contribution is -2.37. The molecule has 0 bridgehead atoms. The predicted molar refractivity (Wildman–Crippen MR) is 106 cm³/mol. The lowest BCUT2D eigenvalue weighted by molar-refractivity contribution is 0.174. The van der Waals surface area contributed by atoms with Crippen molar-refractivity contribution in [2.75, 3.05) is 12.1 Å². The average molecular weight is 373 g/mol. The molecule has 3 heterocycles. The van der Waals surface area contributed by atoms with Crippen LogP contribution < -0.4 is 20.5 Å². The Morgan fingerprint density at radius 1 is 1.29 bits per heavy atom. The molecule has 7 nitrogen and oxygen atoms in total. The quantitative estimate of drug-likeness (QED) is 0.732. The summed E-state index contributed by atoms with van der Waals surface area (Å²) >= 11 is 0. The Morgan fingerprint density at radius 3 is 2.96 bits per heavy atom. The molecular formula is C21H19N5O2. The molecule has 0 fully saturated rings. The standard InChI is InChI=1S/C21H19N5O2/c1-12(8-13-6-7-17-18(9-13)28-11-27-17)19-14(10-22)20(23)26-16-5-3-2-4-15(16)24-21(26)25-19/h2-7,9,12,19H,8,11,23H2,1H3,(H,24,25)/t12-,19-/m1/s1. The number of benzene rings is 2. The summed E-state index contributed by atoms with van der Waals surface area (Å²) in [6.07, 6.45) is 0.757. The van der Waals surface area contributed by atoms with Crippen molar-refractivity contribution in [3.05, 3.63) is 53.6 Å². The number of nitriles is 1. The SMILES string of the molecule is C[C@H](Cc1ccc2c(c1)OCO2)[C@H]1Nc2nc3ccccc3n2C(N)=C1C#N. The first-order valence-corrected chi connectivity index (χ1v) is 9.18. The minimum absolute atomic E-state index is 0.113. The Labute approximate surface area is 162 Å². The molecule has 3 aromatic rings. The largest absolute Gasteiger partial charge is 0.454 e. The van der Waals surface area contributed by atoms with Gasteiger partial charge in [-0.25, -0.2) is 4.98 Å². The van der Waals surface area contributed by atoms with Crippen molar-refractivity contribution in [1.29, 1.82) is 5.26 Å². The number of para-hydroxylation sites is 2. The van der Waals surface area contributed by atoms with E-state index in [0.717, 1.165) is 34.5 Å². The molecule has 0 saturated heterocycles. The van der Waals surface area contributed by atoms with E-state index in [2.05, 4.69) is 23.3 Å². The van der Waals surface area contributed by atoms with Crippen molar-refractivity contribution >= 4 is 22.8 Å². The van der Waals surface area contributed by atoms with E-state index in [-0.39, 0.29) is 18.8 Å². The fraction of sp³-hybridized carbons (Fsp3) is 0.238. The van der Waals surface area contributed by atoms with Crippen molar-refractivity contribution in [3.63, 3.8) is 0 Å². The first-order chi connectivity index (χ1) is 13.7. The van der Waals surface area contributed by atoms with Crippen LogP contribution in [0.15, 0.2) is 48.0 Å². The molecule has 2 atom stereocenters. The second-order valence-electron chi connectivity index (χ2n) is 7.16. The van der Waals surface area contributed by atoms with E-state index in [1.54, 1.807) is 0 Å². The number of hydrogen-bond donors (Lipinski definition) is 2. The van der Waals surface area contributed by atoms with E-state index in [9.17, 15) is 5.26 Å². The molecule has 0 saturated carbocycles. The number of nitrogens with one attached hydrogen (secondary N) is 1. The van der Waals surface area contributed by atoms with Crippen molar-refractivity contribution < 1.29 is 9.47 Å². The van der Waals surface area contributed by atoms with Crippen LogP contribution in [0.4, 0.5) is 5.95 Å². The summed E-state index contributed by atoms with van der Waals surface area (Å²) in [4.78, 5) is 4.65. The summed E-state index contributed by atoms with van der Waals surface area (Å²) in [7, 11) is 0. The minimum atomic E-state index is -0.222. The van der Waals surface area contributed by atoms with E-state index >= 15 is 0 Å². The Hall–Kier alpha value is -3.66. The molecule has 7 heteroatoms. The van der Waals surface area contributed by atoms with Crippen LogP contribution in [-0.4, -0.2) is 22.4 Å². The molecule has 0 aliphatic carbocycles. The maximum absolute atomic E-state index is 9.81. The number of fused-ring (bicyclic) bond motifs is 4. The number of hydrogen-bond acceptors (Lipinski definition) is 6. The highest BCUT2D eigenvalue weighted by atomic mass is 16.7. The minimum Gasteiger partial charge on any atom is -0.454 e. The van der Waals surface area contributed by atoms with Crippen molar-refractivity contribution in [2.24, 2.45) is 11.7 Å². The third-order valence-electron chi connectivity index (χ3n) is 5.36. The van der Waals surface area contributed by atoms with Crippen LogP contribution >= 0.6 is 0 Å². The highest BCUT2D eigenvalue weighted by molar-refractivity contribution is 5.85. The van der Waals surface area contributed by atoms with Crippen LogP contribution in [0.25, 0.3) is 16.9 Å². The average Bonchev–Trinajstić information content (AvgIpc) is 3.31. The van der Waals surface area contributed by atoms with Gasteiger partial charge in [0.15, 0.2) is 11.5 Å². The molecule has 0 amide bonds. The lowest BCUT2D eigenvalue weighted by atomic mass is 9.88. The van der Waals surface area contributed by atoms with E-state index < -0.39 is 0 Å². The number of nitrogens with two attached hydrogens (primary N) is 1. The smallest absolute Gasteiger partial charge is 0.231 e.